The number of hydrogen-bond acceptors (Lipinski definition) is 3. The molecule has 0 saturated carbocycles. The second kappa shape index (κ2) is 5.79. The molecule has 0 unspecified atom stereocenters. The summed E-state index contributed by atoms with van der Waals surface area (Å²) in [5, 5.41) is 3.26. The van der Waals surface area contributed by atoms with Crippen molar-refractivity contribution in [2.75, 3.05) is 5.32 Å². The normalized spacial score (nSPS) is 11.2. The van der Waals surface area contributed by atoms with Crippen molar-refractivity contribution < 1.29 is 9.13 Å². The van der Waals surface area contributed by atoms with Crippen LogP contribution in [-0.2, 0) is 0 Å². The molecule has 0 radical (unpaired) electrons. The highest BCUT2D eigenvalue weighted by molar-refractivity contribution is 9.10. The van der Waals surface area contributed by atoms with Gasteiger partial charge in [0.15, 0.2) is 0 Å². The van der Waals surface area contributed by atoms with Crippen LogP contribution in [0.3, 0.4) is 0 Å². The van der Waals surface area contributed by atoms with Gasteiger partial charge in [-0.3, -0.25) is 0 Å². The number of nitrogens with one attached hydrogen (secondary N) is 1. The number of nitrogens with zero attached hydrogens (tertiary/aromatic N) is 1. The zero-order valence-corrected chi connectivity index (χ0v) is 13.2. The first-order valence-corrected chi connectivity index (χ1v) is 7.00. The predicted molar refractivity (Wildman–Crippen MR) is 81.8 cm³/mol. The van der Waals surface area contributed by atoms with Crippen LogP contribution in [-0.4, -0.2) is 10.5 Å². The number of anilines is 1. The molecule has 0 bridgehead atoms. The van der Waals surface area contributed by atoms with Crippen molar-refractivity contribution in [2.24, 2.45) is 0 Å². The Morgan fingerprint density at radius 2 is 1.95 bits per heavy atom. The van der Waals surface area contributed by atoms with Crippen LogP contribution in [0.15, 0.2) is 40.9 Å². The lowest BCUT2D eigenvalue weighted by Crippen LogP contribution is -2.26. The summed E-state index contributed by atoms with van der Waals surface area (Å²) in [5.74, 6) is 1.16. The molecule has 3 nitrogen and oxygen atoms in total. The van der Waals surface area contributed by atoms with E-state index in [1.54, 1.807) is 12.1 Å². The molecule has 20 heavy (non-hydrogen) atoms. The number of benzene rings is 1. The van der Waals surface area contributed by atoms with E-state index in [0.717, 1.165) is 0 Å². The highest BCUT2D eigenvalue weighted by Gasteiger charge is 2.11. The van der Waals surface area contributed by atoms with Gasteiger partial charge in [0, 0.05) is 22.1 Å². The lowest BCUT2D eigenvalue weighted by atomic mass is 10.1. The van der Waals surface area contributed by atoms with Gasteiger partial charge in [-0.05, 0) is 39.0 Å². The molecule has 5 heteroatoms. The van der Waals surface area contributed by atoms with Crippen LogP contribution in [0.2, 0.25) is 0 Å². The third-order valence-electron chi connectivity index (χ3n) is 2.29. The van der Waals surface area contributed by atoms with Crippen LogP contribution in [0.1, 0.15) is 20.8 Å². The third kappa shape index (κ3) is 4.49. The van der Waals surface area contributed by atoms with E-state index in [9.17, 15) is 4.39 Å². The second-order valence-electron chi connectivity index (χ2n) is 5.44. The Balaban J connectivity index is 2.19. The molecule has 1 heterocycles. The molecule has 0 fully saturated rings. The molecule has 2 rings (SSSR count). The first-order valence-electron chi connectivity index (χ1n) is 6.21. The second-order valence-corrected chi connectivity index (χ2v) is 6.36. The van der Waals surface area contributed by atoms with E-state index in [1.165, 1.54) is 12.1 Å². The van der Waals surface area contributed by atoms with Gasteiger partial charge in [0.2, 0.25) is 5.88 Å². The summed E-state index contributed by atoms with van der Waals surface area (Å²) in [7, 11) is 0. The highest BCUT2D eigenvalue weighted by atomic mass is 79.9. The van der Waals surface area contributed by atoms with E-state index < -0.39 is 0 Å². The Hall–Kier alpha value is -1.62. The maximum absolute atomic E-state index is 13.3. The topological polar surface area (TPSA) is 34.1 Å². The summed E-state index contributed by atoms with van der Waals surface area (Å²) >= 11 is 3.23. The van der Waals surface area contributed by atoms with Crippen LogP contribution >= 0.6 is 15.9 Å². The molecule has 2 aromatic rings. The Labute approximate surface area is 126 Å². The van der Waals surface area contributed by atoms with Crippen molar-refractivity contribution in [3.63, 3.8) is 0 Å². The zero-order chi connectivity index (χ0) is 14.8. The maximum Gasteiger partial charge on any atom is 0.221 e. The van der Waals surface area contributed by atoms with Crippen molar-refractivity contribution in [3.8, 4) is 11.6 Å². The summed E-state index contributed by atoms with van der Waals surface area (Å²) in [6, 6.07) is 9.81. The SMILES string of the molecule is CC(C)(C)Nc1cccc(Oc2cc(F)cc(Br)c2)n1. The van der Waals surface area contributed by atoms with Gasteiger partial charge >= 0.3 is 0 Å². The van der Waals surface area contributed by atoms with Gasteiger partial charge in [0.05, 0.1) is 0 Å². The largest absolute Gasteiger partial charge is 0.439 e. The zero-order valence-electron chi connectivity index (χ0n) is 11.6. The van der Waals surface area contributed by atoms with E-state index >= 15 is 0 Å². The van der Waals surface area contributed by atoms with Crippen LogP contribution in [0, 0.1) is 5.82 Å². The number of halogens is 2. The number of aromatic nitrogens is 1. The summed E-state index contributed by atoms with van der Waals surface area (Å²) in [4.78, 5) is 4.34. The van der Waals surface area contributed by atoms with Gasteiger partial charge in [0.25, 0.3) is 0 Å². The van der Waals surface area contributed by atoms with E-state index in [1.807, 2.05) is 32.9 Å². The standard InChI is InChI=1S/C15H16BrFN2O/c1-15(2,3)19-13-5-4-6-14(18-13)20-12-8-10(16)7-11(17)9-12/h4-9H,1-3H3,(H,18,19). The van der Waals surface area contributed by atoms with Gasteiger partial charge < -0.3 is 10.1 Å². The fourth-order valence-corrected chi connectivity index (χ4v) is 2.08. The molecule has 0 aliphatic rings. The summed E-state index contributed by atoms with van der Waals surface area (Å²) in [6.45, 7) is 6.14. The summed E-state index contributed by atoms with van der Waals surface area (Å²) in [6.07, 6.45) is 0. The Morgan fingerprint density at radius 3 is 2.60 bits per heavy atom. The number of ether oxygens (including phenoxy) is 1. The minimum Gasteiger partial charge on any atom is -0.439 e. The lowest BCUT2D eigenvalue weighted by Gasteiger charge is -2.21. The molecule has 0 spiro atoms. The number of rotatable bonds is 3. The van der Waals surface area contributed by atoms with Gasteiger partial charge in [-0.25, -0.2) is 4.39 Å². The van der Waals surface area contributed by atoms with Crippen LogP contribution in [0.25, 0.3) is 0 Å². The molecule has 0 amide bonds. The molecular formula is C15H16BrFN2O. The van der Waals surface area contributed by atoms with Crippen molar-refractivity contribution in [2.45, 2.75) is 26.3 Å². The molecule has 0 atom stereocenters. The van der Waals surface area contributed by atoms with Gasteiger partial charge in [0.1, 0.15) is 17.4 Å². The van der Waals surface area contributed by atoms with E-state index in [-0.39, 0.29) is 11.4 Å². The Morgan fingerprint density at radius 1 is 1.20 bits per heavy atom. The van der Waals surface area contributed by atoms with Gasteiger partial charge in [-0.2, -0.15) is 4.98 Å². The van der Waals surface area contributed by atoms with Gasteiger partial charge in [-0.15, -0.1) is 0 Å². The summed E-state index contributed by atoms with van der Waals surface area (Å²) in [5.41, 5.74) is -0.0898. The molecule has 1 aromatic carbocycles. The minimum absolute atomic E-state index is 0.0898. The third-order valence-corrected chi connectivity index (χ3v) is 2.74. The molecule has 0 saturated heterocycles. The van der Waals surface area contributed by atoms with Crippen LogP contribution in [0.5, 0.6) is 11.6 Å². The Bertz CT molecular complexity index is 591. The fraction of sp³-hybridized carbons (Fsp3) is 0.267. The van der Waals surface area contributed by atoms with Crippen molar-refractivity contribution >= 4 is 21.7 Å². The molecule has 106 valence electrons. The fourth-order valence-electron chi connectivity index (χ4n) is 1.63. The first kappa shape index (κ1) is 14.8. The molecule has 0 aliphatic heterocycles. The van der Waals surface area contributed by atoms with E-state index in [2.05, 4.69) is 26.2 Å². The smallest absolute Gasteiger partial charge is 0.221 e. The number of pyridine rings is 1. The lowest BCUT2D eigenvalue weighted by molar-refractivity contribution is 0.457. The predicted octanol–water partition coefficient (Wildman–Crippen LogP) is 4.99. The molecular weight excluding hydrogens is 323 g/mol. The van der Waals surface area contributed by atoms with Gasteiger partial charge in [-0.1, -0.05) is 22.0 Å². The quantitative estimate of drug-likeness (QED) is 0.856. The van der Waals surface area contributed by atoms with E-state index in [0.29, 0.717) is 21.9 Å². The van der Waals surface area contributed by atoms with E-state index in [4.69, 9.17) is 4.74 Å². The molecule has 0 aliphatic carbocycles. The van der Waals surface area contributed by atoms with Crippen molar-refractivity contribution in [3.05, 3.63) is 46.7 Å². The highest BCUT2D eigenvalue weighted by Crippen LogP contribution is 2.26. The van der Waals surface area contributed by atoms with Crippen LogP contribution in [0.4, 0.5) is 10.2 Å². The average Bonchev–Trinajstić information content (AvgIpc) is 2.25. The van der Waals surface area contributed by atoms with Crippen molar-refractivity contribution in [1.82, 2.24) is 4.98 Å². The molecule has 1 aromatic heterocycles. The summed E-state index contributed by atoms with van der Waals surface area (Å²) < 4.78 is 19.5. The van der Waals surface area contributed by atoms with Crippen LogP contribution < -0.4 is 10.1 Å². The first-order chi connectivity index (χ1) is 9.32. The average molecular weight is 339 g/mol. The number of hydrogen-bond donors (Lipinski definition) is 1. The monoisotopic (exact) mass is 338 g/mol. The Kier molecular flexibility index (Phi) is 4.28. The van der Waals surface area contributed by atoms with Crippen molar-refractivity contribution in [1.29, 1.82) is 0 Å². The minimum atomic E-state index is -0.363. The maximum atomic E-state index is 13.3. The molecule has 1 N–H and O–H groups in total.